The average Bonchev–Trinajstić information content (AvgIpc) is 3.16. The number of aromatic amines is 1. The molecule has 1 unspecified atom stereocenters. The zero-order valence-electron chi connectivity index (χ0n) is 15.5. The van der Waals surface area contributed by atoms with E-state index in [4.69, 9.17) is 0 Å². The van der Waals surface area contributed by atoms with Crippen LogP contribution in [0, 0.1) is 5.92 Å². The van der Waals surface area contributed by atoms with Gasteiger partial charge in [0.05, 0.1) is 11.0 Å². The van der Waals surface area contributed by atoms with Gasteiger partial charge >= 0.3 is 0 Å². The Bertz CT molecular complexity index is 974. The topological polar surface area (TPSA) is 70.1 Å². The molecule has 4 rings (SSSR count). The number of para-hydroxylation sites is 2. The van der Waals surface area contributed by atoms with Gasteiger partial charge in [-0.2, -0.15) is 5.10 Å². The van der Waals surface area contributed by atoms with Gasteiger partial charge in [0.1, 0.15) is 0 Å². The Morgan fingerprint density at radius 1 is 1.21 bits per heavy atom. The largest absolute Gasteiger partial charge is 0.333 e. The Morgan fingerprint density at radius 2 is 2.07 bits per heavy atom. The van der Waals surface area contributed by atoms with E-state index in [1.807, 2.05) is 54.7 Å². The molecule has 0 aliphatic heterocycles. The van der Waals surface area contributed by atoms with Crippen molar-refractivity contribution in [2.75, 3.05) is 0 Å². The summed E-state index contributed by atoms with van der Waals surface area (Å²) in [5, 5.41) is 5.01. The highest BCUT2D eigenvalue weighted by Gasteiger charge is 2.08. The molecule has 0 radical (unpaired) electrons. The molecule has 0 spiro atoms. The van der Waals surface area contributed by atoms with Gasteiger partial charge in [0, 0.05) is 17.5 Å². The van der Waals surface area contributed by atoms with Gasteiger partial charge in [-0.25, -0.2) is 10.4 Å². The fraction of sp³-hybridized carbons (Fsp3) is 0.227. The normalized spacial score (nSPS) is 16.6. The van der Waals surface area contributed by atoms with Crippen molar-refractivity contribution >= 4 is 34.9 Å². The summed E-state index contributed by atoms with van der Waals surface area (Å²) in [4.78, 5) is 20.1. The number of rotatable bonds is 6. The third kappa shape index (κ3) is 4.70. The Morgan fingerprint density at radius 3 is 2.86 bits per heavy atom. The molecule has 1 aliphatic carbocycles. The molecule has 1 heterocycles. The molecule has 28 heavy (non-hydrogen) atoms. The lowest BCUT2D eigenvalue weighted by atomic mass is 9.96. The molecule has 5 nitrogen and oxygen atoms in total. The van der Waals surface area contributed by atoms with Crippen LogP contribution in [0.1, 0.15) is 35.2 Å². The molecule has 2 aromatic carbocycles. The van der Waals surface area contributed by atoms with Crippen LogP contribution in [0.5, 0.6) is 0 Å². The predicted molar refractivity (Wildman–Crippen MR) is 115 cm³/mol. The van der Waals surface area contributed by atoms with E-state index >= 15 is 0 Å². The lowest BCUT2D eigenvalue weighted by Crippen LogP contribution is -2.18. The van der Waals surface area contributed by atoms with Crippen LogP contribution in [0.15, 0.2) is 70.9 Å². The Labute approximate surface area is 168 Å². The first-order valence-corrected chi connectivity index (χ1v) is 10.4. The van der Waals surface area contributed by atoms with Crippen molar-refractivity contribution in [3.63, 3.8) is 0 Å². The van der Waals surface area contributed by atoms with Crippen molar-refractivity contribution in [1.29, 1.82) is 0 Å². The average molecular weight is 391 g/mol. The van der Waals surface area contributed by atoms with E-state index in [1.54, 1.807) is 11.8 Å². The maximum absolute atomic E-state index is 12.2. The summed E-state index contributed by atoms with van der Waals surface area (Å²) < 4.78 is 0. The van der Waals surface area contributed by atoms with Gasteiger partial charge in [0.25, 0.3) is 5.91 Å². The number of benzene rings is 2. The number of carbonyl (C=O) groups is 1. The summed E-state index contributed by atoms with van der Waals surface area (Å²) in [5.41, 5.74) is 6.39. The molecule has 1 amide bonds. The standard InChI is InChI=1S/C22H22N4OS/c27-21(26-23-14-16-6-2-1-3-7-16)18-12-10-17(11-13-18)15-28-22-24-19-8-4-5-9-20(19)25-22/h1-2,4-5,8-14,16H,3,6-7,15H2,(H,24,25)(H,26,27)/b23-14+. The molecule has 0 saturated heterocycles. The third-order valence-corrected chi connectivity index (χ3v) is 5.66. The summed E-state index contributed by atoms with van der Waals surface area (Å²) in [6, 6.07) is 15.6. The quantitative estimate of drug-likeness (QED) is 0.271. The number of aromatic nitrogens is 2. The number of hydrazone groups is 1. The molecule has 2 N–H and O–H groups in total. The monoisotopic (exact) mass is 390 g/mol. The second-order valence-corrected chi connectivity index (χ2v) is 7.77. The Kier molecular flexibility index (Phi) is 5.87. The number of nitrogens with zero attached hydrogens (tertiary/aromatic N) is 2. The number of carbonyl (C=O) groups excluding carboxylic acids is 1. The van der Waals surface area contributed by atoms with E-state index in [0.717, 1.165) is 46.8 Å². The van der Waals surface area contributed by atoms with Gasteiger partial charge in [0.2, 0.25) is 0 Å². The molecule has 142 valence electrons. The van der Waals surface area contributed by atoms with Gasteiger partial charge in [-0.3, -0.25) is 4.79 Å². The van der Waals surface area contributed by atoms with Gasteiger partial charge in [-0.1, -0.05) is 48.2 Å². The van der Waals surface area contributed by atoms with Gasteiger partial charge in [-0.05, 0) is 55.0 Å². The number of thioether (sulfide) groups is 1. The van der Waals surface area contributed by atoms with Crippen LogP contribution in [0.4, 0.5) is 0 Å². The number of amides is 1. The van der Waals surface area contributed by atoms with Crippen molar-refractivity contribution < 1.29 is 4.79 Å². The number of fused-ring (bicyclic) bond motifs is 1. The summed E-state index contributed by atoms with van der Waals surface area (Å²) in [6.07, 6.45) is 9.38. The molecule has 6 heteroatoms. The van der Waals surface area contributed by atoms with Crippen molar-refractivity contribution in [2.24, 2.45) is 11.0 Å². The molecular formula is C22H22N4OS. The Hall–Kier alpha value is -2.86. The second kappa shape index (κ2) is 8.89. The first-order chi connectivity index (χ1) is 13.8. The summed E-state index contributed by atoms with van der Waals surface area (Å²) in [7, 11) is 0. The molecule has 0 fully saturated rings. The zero-order chi connectivity index (χ0) is 19.2. The van der Waals surface area contributed by atoms with E-state index in [2.05, 4.69) is 32.6 Å². The third-order valence-electron chi connectivity index (χ3n) is 4.72. The van der Waals surface area contributed by atoms with Gasteiger partial charge < -0.3 is 4.98 Å². The fourth-order valence-corrected chi connectivity index (χ4v) is 3.96. The van der Waals surface area contributed by atoms with E-state index in [1.165, 1.54) is 0 Å². The molecule has 1 aliphatic rings. The van der Waals surface area contributed by atoms with Crippen molar-refractivity contribution in [3.05, 3.63) is 71.8 Å². The van der Waals surface area contributed by atoms with Crippen LogP contribution in [-0.2, 0) is 5.75 Å². The molecule has 1 aromatic heterocycles. The summed E-state index contributed by atoms with van der Waals surface area (Å²) >= 11 is 1.65. The zero-order valence-corrected chi connectivity index (χ0v) is 16.3. The van der Waals surface area contributed by atoms with E-state index in [-0.39, 0.29) is 5.91 Å². The van der Waals surface area contributed by atoms with E-state index in [9.17, 15) is 4.79 Å². The minimum atomic E-state index is -0.181. The van der Waals surface area contributed by atoms with E-state index in [0.29, 0.717) is 11.5 Å². The lowest BCUT2D eigenvalue weighted by Gasteiger charge is -2.11. The van der Waals surface area contributed by atoms with Crippen LogP contribution in [0.2, 0.25) is 0 Å². The molecule has 1 atom stereocenters. The maximum Gasteiger partial charge on any atom is 0.271 e. The SMILES string of the molecule is O=C(N/N=C/C1CC=CCC1)c1ccc(CSc2nc3ccccc3[nH]2)cc1. The number of hydrogen-bond donors (Lipinski definition) is 2. The predicted octanol–water partition coefficient (Wildman–Crippen LogP) is 4.93. The van der Waals surface area contributed by atoms with Crippen LogP contribution in [0.3, 0.4) is 0 Å². The summed E-state index contributed by atoms with van der Waals surface area (Å²) in [6.45, 7) is 0. The van der Waals surface area contributed by atoms with Crippen molar-refractivity contribution in [3.8, 4) is 0 Å². The van der Waals surface area contributed by atoms with Gasteiger partial charge in [0.15, 0.2) is 5.16 Å². The highest BCUT2D eigenvalue weighted by atomic mass is 32.2. The molecular weight excluding hydrogens is 368 g/mol. The molecule has 0 bridgehead atoms. The first kappa shape index (κ1) is 18.5. The van der Waals surface area contributed by atoms with Crippen molar-refractivity contribution in [1.82, 2.24) is 15.4 Å². The highest BCUT2D eigenvalue weighted by molar-refractivity contribution is 7.98. The number of nitrogens with one attached hydrogen (secondary N) is 2. The highest BCUT2D eigenvalue weighted by Crippen LogP contribution is 2.23. The Balaban J connectivity index is 1.29. The minimum absolute atomic E-state index is 0.181. The molecule has 0 saturated carbocycles. The maximum atomic E-state index is 12.2. The van der Waals surface area contributed by atoms with Crippen LogP contribution in [0.25, 0.3) is 11.0 Å². The number of allylic oxidation sites excluding steroid dienone is 2. The number of hydrogen-bond acceptors (Lipinski definition) is 4. The fourth-order valence-electron chi connectivity index (χ4n) is 3.12. The van der Waals surface area contributed by atoms with Crippen molar-refractivity contribution in [2.45, 2.75) is 30.2 Å². The smallest absolute Gasteiger partial charge is 0.271 e. The summed E-state index contributed by atoms with van der Waals surface area (Å²) in [5.74, 6) is 1.02. The minimum Gasteiger partial charge on any atom is -0.333 e. The number of imidazole rings is 1. The van der Waals surface area contributed by atoms with Gasteiger partial charge in [-0.15, -0.1) is 0 Å². The lowest BCUT2D eigenvalue weighted by molar-refractivity contribution is 0.0955. The number of H-pyrrole nitrogens is 1. The van der Waals surface area contributed by atoms with Crippen LogP contribution < -0.4 is 5.43 Å². The molecule has 3 aromatic rings. The van der Waals surface area contributed by atoms with Crippen LogP contribution >= 0.6 is 11.8 Å². The second-order valence-electron chi connectivity index (χ2n) is 6.81. The first-order valence-electron chi connectivity index (χ1n) is 9.43. The van der Waals surface area contributed by atoms with Crippen LogP contribution in [-0.4, -0.2) is 22.1 Å². The van der Waals surface area contributed by atoms with E-state index < -0.39 is 0 Å².